The Balaban J connectivity index is 1.64. The van der Waals surface area contributed by atoms with Gasteiger partial charge in [0.15, 0.2) is 5.76 Å². The molecule has 0 aliphatic carbocycles. The van der Waals surface area contributed by atoms with Crippen LogP contribution in [-0.2, 0) is 22.4 Å². The maximum Gasteiger partial charge on any atom is 0.308 e. The molecule has 0 radical (unpaired) electrons. The summed E-state index contributed by atoms with van der Waals surface area (Å²) < 4.78 is 10.9. The van der Waals surface area contributed by atoms with E-state index in [2.05, 4.69) is 22.3 Å². The van der Waals surface area contributed by atoms with Crippen LogP contribution >= 0.6 is 0 Å². The number of amides is 1. The highest BCUT2D eigenvalue weighted by Crippen LogP contribution is 2.25. The van der Waals surface area contributed by atoms with Gasteiger partial charge in [-0.2, -0.15) is 0 Å². The van der Waals surface area contributed by atoms with Gasteiger partial charge in [0.25, 0.3) is 5.91 Å². The number of hydrogen-bond donors (Lipinski definition) is 1. The van der Waals surface area contributed by atoms with Crippen LogP contribution in [0.25, 0.3) is 0 Å². The van der Waals surface area contributed by atoms with Crippen LogP contribution in [-0.4, -0.2) is 49.1 Å². The summed E-state index contributed by atoms with van der Waals surface area (Å²) in [5.41, 5.74) is 0.599. The second-order valence-corrected chi connectivity index (χ2v) is 7.81. The van der Waals surface area contributed by atoms with Crippen LogP contribution < -0.4 is 5.32 Å². The first-order valence-corrected chi connectivity index (χ1v) is 10.3. The Morgan fingerprint density at radius 1 is 1.17 bits per heavy atom. The Labute approximate surface area is 172 Å². The van der Waals surface area contributed by atoms with Crippen LogP contribution in [0.4, 0.5) is 0 Å². The molecule has 1 atom stereocenters. The molecular formula is C23H30N2O4. The molecule has 3 rings (SSSR count). The van der Waals surface area contributed by atoms with Crippen molar-refractivity contribution >= 4 is 11.9 Å². The van der Waals surface area contributed by atoms with Crippen molar-refractivity contribution in [3.05, 3.63) is 59.5 Å². The Kier molecular flexibility index (Phi) is 7.09. The Bertz CT molecular complexity index is 817. The number of ether oxygens (including phenoxy) is 1. The summed E-state index contributed by atoms with van der Waals surface area (Å²) in [6, 6.07) is 13.7. The van der Waals surface area contributed by atoms with Crippen molar-refractivity contribution in [2.45, 2.75) is 44.6 Å². The summed E-state index contributed by atoms with van der Waals surface area (Å²) in [5.74, 6) is 0.491. The highest BCUT2D eigenvalue weighted by atomic mass is 16.5. The molecule has 1 N–H and O–H groups in total. The average molecular weight is 399 g/mol. The summed E-state index contributed by atoms with van der Waals surface area (Å²) in [6.07, 6.45) is 3.40. The summed E-state index contributed by atoms with van der Waals surface area (Å²) in [6.45, 7) is 3.68. The molecule has 156 valence electrons. The molecule has 1 aromatic heterocycles. The van der Waals surface area contributed by atoms with Gasteiger partial charge in [-0.05, 0) is 57.5 Å². The molecule has 1 aliphatic rings. The second kappa shape index (κ2) is 9.74. The van der Waals surface area contributed by atoms with Gasteiger partial charge in [-0.3, -0.25) is 9.59 Å². The zero-order chi connectivity index (χ0) is 20.7. The quantitative estimate of drug-likeness (QED) is 0.692. The molecule has 1 fully saturated rings. The number of benzene rings is 1. The lowest BCUT2D eigenvalue weighted by Crippen LogP contribution is -2.59. The van der Waals surface area contributed by atoms with E-state index in [0.717, 1.165) is 38.0 Å². The van der Waals surface area contributed by atoms with E-state index in [4.69, 9.17) is 9.15 Å². The third kappa shape index (κ3) is 5.94. The number of aryl methyl sites for hydroxylation is 2. The molecule has 0 saturated carbocycles. The van der Waals surface area contributed by atoms with Crippen LogP contribution in [0.3, 0.4) is 0 Å². The molecule has 0 bridgehead atoms. The van der Waals surface area contributed by atoms with Gasteiger partial charge in [-0.25, -0.2) is 0 Å². The van der Waals surface area contributed by atoms with E-state index >= 15 is 0 Å². The number of nitrogens with one attached hydrogen (secondary N) is 1. The maximum atomic E-state index is 12.9. The Morgan fingerprint density at radius 3 is 2.69 bits per heavy atom. The van der Waals surface area contributed by atoms with Crippen molar-refractivity contribution in [3.8, 4) is 0 Å². The number of rotatable bonds is 8. The monoisotopic (exact) mass is 398 g/mol. The summed E-state index contributed by atoms with van der Waals surface area (Å²) in [5, 5.41) is 3.08. The van der Waals surface area contributed by atoms with Crippen molar-refractivity contribution in [2.75, 3.05) is 26.7 Å². The highest BCUT2D eigenvalue weighted by Gasteiger charge is 2.39. The fourth-order valence-electron chi connectivity index (χ4n) is 3.99. The molecule has 6 heteroatoms. The zero-order valence-corrected chi connectivity index (χ0v) is 17.3. The summed E-state index contributed by atoms with van der Waals surface area (Å²) in [7, 11) is 2.00. The van der Waals surface area contributed by atoms with Crippen molar-refractivity contribution in [1.82, 2.24) is 10.2 Å². The molecule has 1 amide bonds. The minimum atomic E-state index is -0.632. The predicted molar refractivity (Wildman–Crippen MR) is 111 cm³/mol. The minimum Gasteiger partial charge on any atom is -0.466 e. The lowest BCUT2D eigenvalue weighted by atomic mass is 9.85. The normalized spacial score (nSPS) is 19.7. The van der Waals surface area contributed by atoms with E-state index in [9.17, 15) is 9.59 Å². The Morgan fingerprint density at radius 2 is 1.97 bits per heavy atom. The van der Waals surface area contributed by atoms with E-state index in [1.54, 1.807) is 13.0 Å². The largest absolute Gasteiger partial charge is 0.466 e. The molecule has 0 spiro atoms. The van der Waals surface area contributed by atoms with Crippen molar-refractivity contribution < 1.29 is 18.7 Å². The first-order chi connectivity index (χ1) is 14.0. The van der Waals surface area contributed by atoms with Gasteiger partial charge in [0.05, 0.1) is 18.6 Å². The SMILES string of the molecule is CCOC(=O)CC1(NC(=O)c2ccc(CCc3ccccc3)o2)CCCN(C)C1. The molecule has 1 unspecified atom stereocenters. The number of likely N-dealkylation sites (tertiary alicyclic amines) is 1. The number of nitrogens with zero attached hydrogens (tertiary/aromatic N) is 1. The van der Waals surface area contributed by atoms with E-state index in [1.807, 2.05) is 31.3 Å². The van der Waals surface area contributed by atoms with E-state index in [0.29, 0.717) is 13.2 Å². The Hall–Kier alpha value is -2.60. The second-order valence-electron chi connectivity index (χ2n) is 7.81. The topological polar surface area (TPSA) is 71.8 Å². The molecule has 2 aromatic rings. The fraction of sp³-hybridized carbons (Fsp3) is 0.478. The molecule has 2 heterocycles. The van der Waals surface area contributed by atoms with Gasteiger partial charge in [0, 0.05) is 13.0 Å². The van der Waals surface area contributed by atoms with Gasteiger partial charge in [0.1, 0.15) is 5.76 Å². The van der Waals surface area contributed by atoms with Gasteiger partial charge >= 0.3 is 5.97 Å². The van der Waals surface area contributed by atoms with Crippen LogP contribution in [0.5, 0.6) is 0 Å². The van der Waals surface area contributed by atoms with Gasteiger partial charge < -0.3 is 19.4 Å². The number of carbonyl (C=O) groups excluding carboxylic acids is 2. The third-order valence-corrected chi connectivity index (χ3v) is 5.32. The molecule has 1 aromatic carbocycles. The van der Waals surface area contributed by atoms with Crippen LogP contribution in [0.1, 0.15) is 48.1 Å². The minimum absolute atomic E-state index is 0.165. The van der Waals surface area contributed by atoms with Gasteiger partial charge in [0.2, 0.25) is 0 Å². The number of hydrogen-bond acceptors (Lipinski definition) is 5. The maximum absolute atomic E-state index is 12.9. The summed E-state index contributed by atoms with van der Waals surface area (Å²) >= 11 is 0. The highest BCUT2D eigenvalue weighted by molar-refractivity contribution is 5.92. The van der Waals surface area contributed by atoms with Crippen molar-refractivity contribution in [3.63, 3.8) is 0 Å². The van der Waals surface area contributed by atoms with Gasteiger partial charge in [-0.15, -0.1) is 0 Å². The van der Waals surface area contributed by atoms with E-state index < -0.39 is 5.54 Å². The summed E-state index contributed by atoms with van der Waals surface area (Å²) in [4.78, 5) is 27.2. The van der Waals surface area contributed by atoms with Crippen LogP contribution in [0, 0.1) is 0 Å². The van der Waals surface area contributed by atoms with E-state index in [1.165, 1.54) is 5.56 Å². The zero-order valence-electron chi connectivity index (χ0n) is 17.3. The number of carbonyl (C=O) groups is 2. The standard InChI is InChI=1S/C23H30N2O4/c1-3-28-21(26)16-23(14-7-15-25(2)17-23)24-22(27)20-13-12-19(29-20)11-10-18-8-5-4-6-9-18/h4-6,8-9,12-13H,3,7,10-11,14-17H2,1-2H3,(H,24,27). The van der Waals surface area contributed by atoms with Crippen molar-refractivity contribution in [2.24, 2.45) is 0 Å². The first kappa shape index (κ1) is 21.1. The predicted octanol–water partition coefficient (Wildman–Crippen LogP) is 3.21. The number of esters is 1. The molecule has 29 heavy (non-hydrogen) atoms. The number of furan rings is 1. The van der Waals surface area contributed by atoms with Crippen molar-refractivity contribution in [1.29, 1.82) is 0 Å². The molecule has 1 saturated heterocycles. The first-order valence-electron chi connectivity index (χ1n) is 10.3. The van der Waals surface area contributed by atoms with E-state index in [-0.39, 0.29) is 24.1 Å². The van der Waals surface area contributed by atoms with Crippen LogP contribution in [0.15, 0.2) is 46.9 Å². The lowest BCUT2D eigenvalue weighted by Gasteiger charge is -2.41. The van der Waals surface area contributed by atoms with Crippen LogP contribution in [0.2, 0.25) is 0 Å². The number of likely N-dealkylation sites (N-methyl/N-ethyl adjacent to an activating group) is 1. The third-order valence-electron chi connectivity index (χ3n) is 5.32. The smallest absolute Gasteiger partial charge is 0.308 e. The average Bonchev–Trinajstić information content (AvgIpc) is 3.16. The fourth-order valence-corrected chi connectivity index (χ4v) is 3.99. The lowest BCUT2D eigenvalue weighted by molar-refractivity contribution is -0.145. The number of piperidine rings is 1. The van der Waals surface area contributed by atoms with Gasteiger partial charge in [-0.1, -0.05) is 30.3 Å². The molecule has 1 aliphatic heterocycles. The molecular weight excluding hydrogens is 368 g/mol. The molecule has 6 nitrogen and oxygen atoms in total.